The highest BCUT2D eigenvalue weighted by molar-refractivity contribution is 8.25. The molecule has 1 aliphatic carbocycles. The lowest BCUT2D eigenvalue weighted by Gasteiger charge is -2.33. The summed E-state index contributed by atoms with van der Waals surface area (Å²) < 4.78 is 22.9. The number of nitriles is 1. The third-order valence-corrected chi connectivity index (χ3v) is 9.18. The molecule has 3 heterocycles. The van der Waals surface area contributed by atoms with Crippen LogP contribution in [0.3, 0.4) is 0 Å². The number of fused-ring (bicyclic) bond motifs is 2. The number of nitrogens with zero attached hydrogens (tertiary/aromatic N) is 3. The minimum atomic E-state index is -2.81. The Morgan fingerprint density at radius 3 is 2.84 bits per heavy atom. The van der Waals surface area contributed by atoms with Crippen LogP contribution in [0.25, 0.3) is 10.9 Å². The van der Waals surface area contributed by atoms with E-state index >= 15 is 0 Å². The first-order valence-electron chi connectivity index (χ1n) is 10.5. The van der Waals surface area contributed by atoms with E-state index < -0.39 is 10.6 Å². The predicted molar refractivity (Wildman–Crippen MR) is 121 cm³/mol. The second-order valence-corrected chi connectivity index (χ2v) is 11.0. The van der Waals surface area contributed by atoms with Gasteiger partial charge in [0.2, 0.25) is 0 Å². The second-order valence-electron chi connectivity index (χ2n) is 8.59. The van der Waals surface area contributed by atoms with Crippen molar-refractivity contribution in [2.75, 3.05) is 5.32 Å². The molecule has 3 atom stereocenters. The van der Waals surface area contributed by atoms with Gasteiger partial charge in [0.25, 0.3) is 5.56 Å². The summed E-state index contributed by atoms with van der Waals surface area (Å²) in [6, 6.07) is 9.47. The molecule has 2 aromatic heterocycles. The minimum absolute atomic E-state index is 0.00864. The van der Waals surface area contributed by atoms with Gasteiger partial charge in [-0.2, -0.15) is 21.0 Å². The van der Waals surface area contributed by atoms with Gasteiger partial charge in [-0.3, -0.25) is 18.6 Å². The Labute approximate surface area is 181 Å². The molecule has 0 radical (unpaired) electrons. The first-order chi connectivity index (χ1) is 14.8. The van der Waals surface area contributed by atoms with Gasteiger partial charge < -0.3 is 10.3 Å². The predicted octanol–water partition coefficient (Wildman–Crippen LogP) is 4.95. The molecule has 2 aliphatic rings. The van der Waals surface area contributed by atoms with Crippen molar-refractivity contribution in [3.8, 4) is 6.07 Å². The van der Waals surface area contributed by atoms with E-state index in [-0.39, 0.29) is 22.8 Å². The molecule has 4 N–H and O–H groups in total. The molecule has 9 heteroatoms. The lowest BCUT2D eigenvalue weighted by Crippen LogP contribution is -2.13. The average Bonchev–Trinajstić information content (AvgIpc) is 3.50. The Hall–Kier alpha value is -2.80. The van der Waals surface area contributed by atoms with Crippen LogP contribution in [0.4, 0.5) is 11.5 Å². The van der Waals surface area contributed by atoms with Crippen LogP contribution in [0.1, 0.15) is 50.6 Å². The molecule has 0 unspecified atom stereocenters. The number of pyridine rings is 1. The third-order valence-electron chi connectivity index (χ3n) is 6.72. The summed E-state index contributed by atoms with van der Waals surface area (Å²) in [5.74, 6) is 0.849. The number of anilines is 2. The Balaban J connectivity index is 1.58. The van der Waals surface area contributed by atoms with Crippen LogP contribution in [0.15, 0.2) is 40.2 Å². The van der Waals surface area contributed by atoms with E-state index in [4.69, 9.17) is 5.10 Å². The Morgan fingerprint density at radius 1 is 1.35 bits per heavy atom. The summed E-state index contributed by atoms with van der Waals surface area (Å²) in [7, 11) is -2.81. The quantitative estimate of drug-likeness (QED) is 0.445. The summed E-state index contributed by atoms with van der Waals surface area (Å²) >= 11 is 0. The summed E-state index contributed by atoms with van der Waals surface area (Å²) in [5.41, 5.74) is 2.09. The van der Waals surface area contributed by atoms with E-state index in [2.05, 4.69) is 16.4 Å². The number of aromatic nitrogens is 3. The fraction of sp³-hybridized carbons (Fsp3) is 0.409. The van der Waals surface area contributed by atoms with Gasteiger partial charge in [0.15, 0.2) is 5.82 Å². The van der Waals surface area contributed by atoms with Crippen LogP contribution in [-0.2, 0) is 0 Å². The van der Waals surface area contributed by atoms with Crippen molar-refractivity contribution in [2.45, 2.75) is 55.2 Å². The highest BCUT2D eigenvalue weighted by Crippen LogP contribution is 2.64. The average molecular weight is 440 g/mol. The van der Waals surface area contributed by atoms with Crippen LogP contribution in [0, 0.1) is 17.2 Å². The second kappa shape index (κ2) is 7.12. The molecule has 31 heavy (non-hydrogen) atoms. The van der Waals surface area contributed by atoms with E-state index in [0.29, 0.717) is 34.0 Å². The summed E-state index contributed by atoms with van der Waals surface area (Å²) in [4.78, 5) is 16.0. The van der Waals surface area contributed by atoms with E-state index in [0.717, 1.165) is 24.1 Å². The first-order valence-corrected chi connectivity index (χ1v) is 12.1. The maximum Gasteiger partial charge on any atom is 0.261 e. The number of aromatic amines is 1. The number of rotatable bonds is 5. The number of H-pyrrole nitrogens is 1. The van der Waals surface area contributed by atoms with Crippen LogP contribution in [0.2, 0.25) is 0 Å². The lowest BCUT2D eigenvalue weighted by molar-refractivity contribution is 0.426. The van der Waals surface area contributed by atoms with Crippen LogP contribution < -0.4 is 10.9 Å². The maximum absolute atomic E-state index is 12.7. The number of nitrogens with one attached hydrogen (secondary N) is 2. The first kappa shape index (κ1) is 20.1. The lowest BCUT2D eigenvalue weighted by atomic mass is 9.98. The van der Waals surface area contributed by atoms with Crippen LogP contribution in [-0.4, -0.2) is 29.1 Å². The SMILES string of the molecule is C[C@@H]1[C@@H](C)c2cc(Nc3nn([C@@H](CC#N)C4CC4)c4cc[nH]c(=O)c34)ccc2S1(O)O. The smallest absolute Gasteiger partial charge is 0.261 e. The van der Waals surface area contributed by atoms with Crippen LogP contribution in [0.5, 0.6) is 0 Å². The minimum Gasteiger partial charge on any atom is -0.338 e. The molecule has 0 amide bonds. The normalized spacial score (nSPS) is 23.8. The van der Waals surface area contributed by atoms with Gasteiger partial charge >= 0.3 is 0 Å². The van der Waals surface area contributed by atoms with Crippen LogP contribution >= 0.6 is 10.6 Å². The van der Waals surface area contributed by atoms with Gasteiger partial charge in [0.05, 0.1) is 34.2 Å². The van der Waals surface area contributed by atoms with Crippen molar-refractivity contribution in [1.29, 1.82) is 5.26 Å². The standard InChI is InChI=1S/C22H25N5O3S/c1-12-13(2)31(29,30)19-6-5-15(11-16(12)19)25-21-20-18(8-10-24-22(20)28)27(26-21)17(7-9-23)14-3-4-14/h5-6,8,10-14,17,29-30H,3-4,7H2,1-2H3,(H,24,28)(H,25,26)/t12-,13-,17+/m1/s1. The van der Waals surface area contributed by atoms with Crippen molar-refractivity contribution in [3.05, 3.63) is 46.4 Å². The summed E-state index contributed by atoms with van der Waals surface area (Å²) in [5, 5.41) is 17.5. The number of benzene rings is 1. The topological polar surface area (TPSA) is 127 Å². The van der Waals surface area contributed by atoms with Crippen molar-refractivity contribution >= 4 is 33.0 Å². The van der Waals surface area contributed by atoms with Gasteiger partial charge in [-0.05, 0) is 55.5 Å². The fourth-order valence-corrected chi connectivity index (χ4v) is 6.57. The third kappa shape index (κ3) is 3.14. The fourth-order valence-electron chi connectivity index (χ4n) is 4.60. The molecular weight excluding hydrogens is 414 g/mol. The molecule has 5 rings (SSSR count). The molecule has 1 aromatic carbocycles. The van der Waals surface area contributed by atoms with Gasteiger partial charge in [0.1, 0.15) is 5.39 Å². The molecule has 8 nitrogen and oxygen atoms in total. The summed E-state index contributed by atoms with van der Waals surface area (Å²) in [6.07, 6.45) is 4.08. The van der Waals surface area contributed by atoms with Crippen molar-refractivity contribution in [2.24, 2.45) is 5.92 Å². The molecular formula is C22H25N5O3S. The zero-order valence-electron chi connectivity index (χ0n) is 17.4. The van der Waals surface area contributed by atoms with E-state index in [1.54, 1.807) is 18.3 Å². The van der Waals surface area contributed by atoms with Gasteiger partial charge in [-0.1, -0.05) is 6.92 Å². The van der Waals surface area contributed by atoms with Gasteiger partial charge in [-0.15, -0.1) is 0 Å². The molecule has 3 aromatic rings. The molecule has 0 saturated heterocycles. The molecule has 1 aliphatic heterocycles. The molecule has 1 fully saturated rings. The van der Waals surface area contributed by atoms with Crippen molar-refractivity contribution in [1.82, 2.24) is 14.8 Å². The molecule has 0 bridgehead atoms. The number of hydrogen-bond donors (Lipinski definition) is 4. The maximum atomic E-state index is 12.7. The zero-order chi connectivity index (χ0) is 21.9. The Kier molecular flexibility index (Phi) is 4.62. The largest absolute Gasteiger partial charge is 0.338 e. The molecule has 162 valence electrons. The van der Waals surface area contributed by atoms with Gasteiger partial charge in [-0.25, -0.2) is 0 Å². The van der Waals surface area contributed by atoms with Gasteiger partial charge in [0, 0.05) is 17.8 Å². The van der Waals surface area contributed by atoms with E-state index in [1.807, 2.05) is 30.7 Å². The van der Waals surface area contributed by atoms with E-state index in [1.165, 1.54) is 0 Å². The van der Waals surface area contributed by atoms with E-state index in [9.17, 15) is 19.2 Å². The summed E-state index contributed by atoms with van der Waals surface area (Å²) in [6.45, 7) is 3.85. The van der Waals surface area contributed by atoms with Crippen molar-refractivity contribution in [3.63, 3.8) is 0 Å². The van der Waals surface area contributed by atoms with Crippen molar-refractivity contribution < 1.29 is 9.11 Å². The number of hydrogen-bond acceptors (Lipinski definition) is 6. The Morgan fingerprint density at radius 2 is 2.13 bits per heavy atom. The highest BCUT2D eigenvalue weighted by atomic mass is 32.3. The Bertz CT molecular complexity index is 1270. The monoisotopic (exact) mass is 439 g/mol. The molecule has 1 saturated carbocycles. The molecule has 0 spiro atoms. The highest BCUT2D eigenvalue weighted by Gasteiger charge is 2.40. The zero-order valence-corrected chi connectivity index (χ0v) is 18.2.